The predicted octanol–water partition coefficient (Wildman–Crippen LogP) is 0.771. The Labute approximate surface area is 66.8 Å². The van der Waals surface area contributed by atoms with E-state index in [0.717, 1.165) is 13.1 Å². The molecule has 2 N–H and O–H groups in total. The fraction of sp³-hybridized carbons (Fsp3) is 0.429. The number of nitrogens with one attached hydrogen (secondary N) is 2. The maximum atomic E-state index is 3.33. The number of rotatable bonds is 0. The van der Waals surface area contributed by atoms with E-state index in [0.29, 0.717) is 6.04 Å². The van der Waals surface area contributed by atoms with Crippen LogP contribution in [0.3, 0.4) is 0 Å². The molecule has 56 valence electrons. The normalized spacial score (nSPS) is 28.0. The maximum absolute atomic E-state index is 3.33. The number of hydrogen-bond acceptors (Lipinski definition) is 2. The van der Waals surface area contributed by atoms with E-state index in [9.17, 15) is 0 Å². The molecule has 0 saturated carbocycles. The summed E-state index contributed by atoms with van der Waals surface area (Å²) in [4.78, 5) is 0. The van der Waals surface area contributed by atoms with Crippen molar-refractivity contribution in [3.05, 3.63) is 23.9 Å². The third-order valence-electron chi connectivity index (χ3n) is 1.80. The van der Waals surface area contributed by atoms with Gasteiger partial charge in [-0.1, -0.05) is 12.2 Å². The lowest BCUT2D eigenvalue weighted by molar-refractivity contribution is 0.667. The molecule has 1 heterocycles. The summed E-state index contributed by atoms with van der Waals surface area (Å²) in [6.45, 7) is 0.929. The molecule has 0 aromatic heterocycles. The van der Waals surface area contributed by atoms with Crippen molar-refractivity contribution in [1.82, 2.24) is 10.6 Å². The van der Waals surface area contributed by atoms with Crippen molar-refractivity contribution < 1.29 is 0 Å². The van der Waals surface area contributed by atoms with E-state index in [4.69, 9.17) is 0 Å². The first-order valence-corrected chi connectivity index (χ1v) is 3.31. The zero-order chi connectivity index (χ0) is 6.10. The molecule has 0 spiro atoms. The number of hydrogen-bond donors (Lipinski definition) is 2. The standard InChI is InChI=1S/C7H10N2.ClH/c1-2-4-7-6(3-1)8-5-9-7;/h1-3,7-9H,4-5H2;1H. The molecule has 0 bridgehead atoms. The molecule has 10 heavy (non-hydrogen) atoms. The van der Waals surface area contributed by atoms with E-state index in [1.54, 1.807) is 0 Å². The largest absolute Gasteiger partial charge is 0.374 e. The molecule has 1 aliphatic heterocycles. The summed E-state index contributed by atoms with van der Waals surface area (Å²) in [6, 6.07) is 0.579. The minimum Gasteiger partial charge on any atom is -0.374 e. The van der Waals surface area contributed by atoms with Gasteiger partial charge in [0.05, 0.1) is 12.7 Å². The van der Waals surface area contributed by atoms with Gasteiger partial charge in [0.25, 0.3) is 0 Å². The van der Waals surface area contributed by atoms with Gasteiger partial charge in [0, 0.05) is 5.70 Å². The molecule has 1 atom stereocenters. The van der Waals surface area contributed by atoms with Gasteiger partial charge in [-0.05, 0) is 12.5 Å². The lowest BCUT2D eigenvalue weighted by atomic mass is 10.1. The monoisotopic (exact) mass is 158 g/mol. The van der Waals surface area contributed by atoms with Crippen LogP contribution in [0, 0.1) is 0 Å². The van der Waals surface area contributed by atoms with Crippen LogP contribution in [0.4, 0.5) is 0 Å². The van der Waals surface area contributed by atoms with Gasteiger partial charge in [-0.2, -0.15) is 0 Å². The minimum absolute atomic E-state index is 0. The molecular formula is C7H11ClN2. The van der Waals surface area contributed by atoms with E-state index >= 15 is 0 Å². The quantitative estimate of drug-likeness (QED) is 0.544. The lowest BCUT2D eigenvalue weighted by Crippen LogP contribution is -2.22. The van der Waals surface area contributed by atoms with Crippen LogP contribution in [0.15, 0.2) is 23.9 Å². The Kier molecular flexibility index (Phi) is 2.35. The Hall–Kier alpha value is -0.470. The van der Waals surface area contributed by atoms with Crippen LogP contribution in [0.5, 0.6) is 0 Å². The maximum Gasteiger partial charge on any atom is 0.0656 e. The van der Waals surface area contributed by atoms with Crippen LogP contribution in [-0.2, 0) is 0 Å². The summed E-state index contributed by atoms with van der Waals surface area (Å²) >= 11 is 0. The van der Waals surface area contributed by atoms with Crippen LogP contribution in [-0.4, -0.2) is 12.7 Å². The van der Waals surface area contributed by atoms with Crippen LogP contribution in [0.25, 0.3) is 0 Å². The van der Waals surface area contributed by atoms with Gasteiger partial charge in [-0.3, -0.25) is 5.32 Å². The fourth-order valence-electron chi connectivity index (χ4n) is 1.28. The van der Waals surface area contributed by atoms with Crippen molar-refractivity contribution in [1.29, 1.82) is 0 Å². The minimum atomic E-state index is 0. The van der Waals surface area contributed by atoms with Gasteiger partial charge in [0.15, 0.2) is 0 Å². The molecule has 1 fully saturated rings. The first-order valence-electron chi connectivity index (χ1n) is 3.31. The summed E-state index contributed by atoms with van der Waals surface area (Å²) in [5.74, 6) is 0. The van der Waals surface area contributed by atoms with Crippen LogP contribution in [0.1, 0.15) is 6.42 Å². The highest BCUT2D eigenvalue weighted by molar-refractivity contribution is 5.85. The third-order valence-corrected chi connectivity index (χ3v) is 1.80. The van der Waals surface area contributed by atoms with E-state index < -0.39 is 0 Å². The molecule has 0 aromatic rings. The Balaban J connectivity index is 0.000000500. The average molecular weight is 159 g/mol. The summed E-state index contributed by atoms with van der Waals surface area (Å²) in [7, 11) is 0. The van der Waals surface area contributed by atoms with Crippen molar-refractivity contribution in [2.75, 3.05) is 6.67 Å². The molecule has 2 aliphatic rings. The molecule has 2 rings (SSSR count). The van der Waals surface area contributed by atoms with Gasteiger partial charge >= 0.3 is 0 Å². The lowest BCUT2D eigenvalue weighted by Gasteiger charge is -2.10. The molecule has 1 unspecified atom stereocenters. The van der Waals surface area contributed by atoms with Gasteiger partial charge in [0.1, 0.15) is 0 Å². The number of halogens is 1. The second kappa shape index (κ2) is 3.08. The van der Waals surface area contributed by atoms with E-state index in [1.165, 1.54) is 5.70 Å². The van der Waals surface area contributed by atoms with Crippen molar-refractivity contribution >= 4 is 12.4 Å². The van der Waals surface area contributed by atoms with Crippen molar-refractivity contribution in [2.24, 2.45) is 0 Å². The van der Waals surface area contributed by atoms with Gasteiger partial charge in [-0.15, -0.1) is 12.4 Å². The third kappa shape index (κ3) is 1.18. The van der Waals surface area contributed by atoms with Gasteiger partial charge < -0.3 is 5.32 Å². The zero-order valence-electron chi connectivity index (χ0n) is 5.63. The SMILES string of the molecule is C1=CCC2NCNC2=C1.Cl. The van der Waals surface area contributed by atoms with Crippen LogP contribution < -0.4 is 10.6 Å². The van der Waals surface area contributed by atoms with E-state index in [-0.39, 0.29) is 12.4 Å². The van der Waals surface area contributed by atoms with Crippen molar-refractivity contribution in [3.8, 4) is 0 Å². The molecule has 3 heteroatoms. The second-order valence-electron chi connectivity index (χ2n) is 2.40. The molecule has 1 aliphatic carbocycles. The average Bonchev–Trinajstić information content (AvgIpc) is 2.33. The summed E-state index contributed by atoms with van der Waals surface area (Å²) < 4.78 is 0. The number of allylic oxidation sites excluding steroid dienone is 2. The van der Waals surface area contributed by atoms with Crippen LogP contribution in [0.2, 0.25) is 0 Å². The highest BCUT2D eigenvalue weighted by atomic mass is 35.5. The Morgan fingerprint density at radius 1 is 1.50 bits per heavy atom. The van der Waals surface area contributed by atoms with E-state index in [1.807, 2.05) is 0 Å². The highest BCUT2D eigenvalue weighted by Gasteiger charge is 2.18. The molecule has 0 amide bonds. The first-order chi connectivity index (χ1) is 4.47. The summed E-state index contributed by atoms with van der Waals surface area (Å²) in [5.41, 5.74) is 1.34. The van der Waals surface area contributed by atoms with Crippen LogP contribution >= 0.6 is 12.4 Å². The molecule has 0 aromatic carbocycles. The Morgan fingerprint density at radius 3 is 3.20 bits per heavy atom. The first kappa shape index (κ1) is 7.63. The Bertz CT molecular complexity index is 174. The smallest absolute Gasteiger partial charge is 0.0656 e. The van der Waals surface area contributed by atoms with Crippen molar-refractivity contribution in [2.45, 2.75) is 12.5 Å². The zero-order valence-corrected chi connectivity index (χ0v) is 6.45. The van der Waals surface area contributed by atoms with Gasteiger partial charge in [0.2, 0.25) is 0 Å². The fourth-order valence-corrected chi connectivity index (χ4v) is 1.28. The van der Waals surface area contributed by atoms with Crippen molar-refractivity contribution in [3.63, 3.8) is 0 Å². The van der Waals surface area contributed by atoms with E-state index in [2.05, 4.69) is 28.9 Å². The molecular weight excluding hydrogens is 148 g/mol. The topological polar surface area (TPSA) is 24.1 Å². The Morgan fingerprint density at radius 2 is 2.40 bits per heavy atom. The predicted molar refractivity (Wildman–Crippen MR) is 44.0 cm³/mol. The summed E-state index contributed by atoms with van der Waals surface area (Å²) in [5, 5.41) is 6.59. The molecule has 1 saturated heterocycles. The summed E-state index contributed by atoms with van der Waals surface area (Å²) in [6.07, 6.45) is 7.56. The second-order valence-corrected chi connectivity index (χ2v) is 2.40. The highest BCUT2D eigenvalue weighted by Crippen LogP contribution is 2.12. The molecule has 2 nitrogen and oxygen atoms in total. The van der Waals surface area contributed by atoms with Gasteiger partial charge in [-0.25, -0.2) is 0 Å². The number of fused-ring (bicyclic) bond motifs is 1. The molecule has 0 radical (unpaired) electrons.